The summed E-state index contributed by atoms with van der Waals surface area (Å²) in [5, 5.41) is 20.1. The average Bonchev–Trinajstić information content (AvgIpc) is 2.10. The Labute approximate surface area is 105 Å². The van der Waals surface area contributed by atoms with Crippen molar-refractivity contribution in [1.82, 2.24) is 0 Å². The van der Waals surface area contributed by atoms with Crippen LogP contribution in [0.2, 0.25) is 0 Å². The second kappa shape index (κ2) is 5.76. The van der Waals surface area contributed by atoms with E-state index in [0.29, 0.717) is 0 Å². The van der Waals surface area contributed by atoms with E-state index in [2.05, 4.69) is 4.84 Å². The number of nitrogens with zero attached hydrogens (tertiary/aromatic N) is 2. The number of aliphatic carboxylic acids is 1. The van der Waals surface area contributed by atoms with Crippen LogP contribution in [-0.2, 0) is 14.4 Å². The van der Waals surface area contributed by atoms with Gasteiger partial charge in [-0.05, 0) is 0 Å². The molecule has 0 aliphatic carbocycles. The lowest BCUT2D eigenvalue weighted by molar-refractivity contribution is -0.889. The zero-order valence-corrected chi connectivity index (χ0v) is 11.0. The number of carboxylic acid groups (broad SMARTS) is 1. The maximum Gasteiger partial charge on any atom is 0.295 e. The molecule has 0 heterocycles. The molecule has 0 N–H and O–H groups in total. The number of carboxylic acids is 1. The fourth-order valence-electron chi connectivity index (χ4n) is 1.82. The number of likely N-dealkylation sites (N-methyl/N-ethyl adjacent to an activating group) is 1. The zero-order chi connectivity index (χ0) is 14.6. The largest absolute Gasteiger partial charge is 0.550 e. The first-order valence-electron chi connectivity index (χ1n) is 5.39. The third-order valence-electron chi connectivity index (χ3n) is 2.24. The summed E-state index contributed by atoms with van der Waals surface area (Å²) in [4.78, 5) is 37.5. The zero-order valence-electron chi connectivity index (χ0n) is 11.0. The molecule has 0 rings (SSSR count). The SMILES string of the molecule is CCC(=O)[C@@](CC(=O)[O-])(C[N+](C)(C)C)O[N+](=O)[O-]. The minimum atomic E-state index is -1.99. The molecule has 0 saturated carbocycles. The van der Waals surface area contributed by atoms with Gasteiger partial charge in [-0.1, -0.05) is 6.92 Å². The topological polar surface area (TPSA) is 110 Å². The molecular formula is C10H18N2O6. The van der Waals surface area contributed by atoms with Crippen LogP contribution in [0.25, 0.3) is 0 Å². The third kappa shape index (κ3) is 5.09. The van der Waals surface area contributed by atoms with E-state index in [4.69, 9.17) is 0 Å². The van der Waals surface area contributed by atoms with Crippen LogP contribution in [-0.4, -0.2) is 54.6 Å². The Hall–Kier alpha value is -1.70. The first-order chi connectivity index (χ1) is 8.02. The molecule has 0 unspecified atom stereocenters. The molecule has 0 aliphatic rings. The van der Waals surface area contributed by atoms with Crippen LogP contribution in [0.15, 0.2) is 0 Å². The number of ketones is 1. The van der Waals surface area contributed by atoms with Gasteiger partial charge in [-0.3, -0.25) is 9.63 Å². The van der Waals surface area contributed by atoms with Gasteiger partial charge in [0.2, 0.25) is 5.60 Å². The van der Waals surface area contributed by atoms with E-state index in [-0.39, 0.29) is 17.4 Å². The van der Waals surface area contributed by atoms with Crippen molar-refractivity contribution >= 4 is 11.8 Å². The highest BCUT2D eigenvalue weighted by Gasteiger charge is 2.46. The second-order valence-corrected chi connectivity index (χ2v) is 5.08. The fourth-order valence-corrected chi connectivity index (χ4v) is 1.82. The van der Waals surface area contributed by atoms with E-state index in [9.17, 15) is 24.8 Å². The Balaban J connectivity index is 5.45. The molecule has 18 heavy (non-hydrogen) atoms. The van der Waals surface area contributed by atoms with Crippen molar-refractivity contribution in [3.05, 3.63) is 10.1 Å². The maximum atomic E-state index is 11.9. The number of rotatable bonds is 8. The molecule has 0 amide bonds. The third-order valence-corrected chi connectivity index (χ3v) is 2.24. The molecule has 0 spiro atoms. The highest BCUT2D eigenvalue weighted by Crippen LogP contribution is 2.22. The Morgan fingerprint density at radius 2 is 1.83 bits per heavy atom. The van der Waals surface area contributed by atoms with Crippen molar-refractivity contribution < 1.29 is 29.1 Å². The van der Waals surface area contributed by atoms with Crippen molar-refractivity contribution in [1.29, 1.82) is 0 Å². The van der Waals surface area contributed by atoms with Gasteiger partial charge in [0.1, 0.15) is 6.54 Å². The van der Waals surface area contributed by atoms with Crippen LogP contribution in [0.5, 0.6) is 0 Å². The molecule has 8 nitrogen and oxygen atoms in total. The monoisotopic (exact) mass is 262 g/mol. The molecule has 0 aromatic carbocycles. The summed E-state index contributed by atoms with van der Waals surface area (Å²) in [6.45, 7) is 1.36. The number of hydrogen-bond acceptors (Lipinski definition) is 6. The molecule has 0 aliphatic heterocycles. The smallest absolute Gasteiger partial charge is 0.295 e. The summed E-state index contributed by atoms with van der Waals surface area (Å²) in [5.41, 5.74) is -1.99. The first kappa shape index (κ1) is 16.3. The van der Waals surface area contributed by atoms with Crippen LogP contribution in [0.3, 0.4) is 0 Å². The van der Waals surface area contributed by atoms with Gasteiger partial charge in [0.25, 0.3) is 5.09 Å². The number of hydrogen-bond donors (Lipinski definition) is 0. The lowest BCUT2D eigenvalue weighted by atomic mass is 9.91. The molecule has 0 aromatic heterocycles. The Morgan fingerprint density at radius 1 is 1.33 bits per heavy atom. The highest BCUT2D eigenvalue weighted by atomic mass is 17.0. The van der Waals surface area contributed by atoms with E-state index in [1.165, 1.54) is 6.92 Å². The lowest BCUT2D eigenvalue weighted by Gasteiger charge is -2.36. The Kier molecular flexibility index (Phi) is 5.22. The van der Waals surface area contributed by atoms with Crippen molar-refractivity contribution in [2.45, 2.75) is 25.4 Å². The van der Waals surface area contributed by atoms with Gasteiger partial charge in [0, 0.05) is 18.8 Å². The van der Waals surface area contributed by atoms with Gasteiger partial charge >= 0.3 is 0 Å². The van der Waals surface area contributed by atoms with Gasteiger partial charge < -0.3 is 14.4 Å². The predicted octanol–water partition coefficient (Wildman–Crippen LogP) is -1.24. The highest BCUT2D eigenvalue weighted by molar-refractivity contribution is 5.90. The van der Waals surface area contributed by atoms with Crippen molar-refractivity contribution in [2.75, 3.05) is 27.7 Å². The summed E-state index contributed by atoms with van der Waals surface area (Å²) < 4.78 is 0.146. The lowest BCUT2D eigenvalue weighted by Crippen LogP contribution is -2.58. The van der Waals surface area contributed by atoms with E-state index in [1.54, 1.807) is 21.1 Å². The summed E-state index contributed by atoms with van der Waals surface area (Å²) >= 11 is 0. The van der Waals surface area contributed by atoms with E-state index in [1.807, 2.05) is 0 Å². The fraction of sp³-hybridized carbons (Fsp3) is 0.800. The summed E-state index contributed by atoms with van der Waals surface area (Å²) in [5.74, 6) is -2.19. The van der Waals surface area contributed by atoms with Gasteiger partial charge in [0.15, 0.2) is 5.78 Å². The molecule has 0 saturated heterocycles. The molecule has 0 bridgehead atoms. The van der Waals surface area contributed by atoms with Crippen LogP contribution >= 0.6 is 0 Å². The van der Waals surface area contributed by atoms with Gasteiger partial charge in [0.05, 0.1) is 21.1 Å². The van der Waals surface area contributed by atoms with Crippen molar-refractivity contribution in [2.24, 2.45) is 0 Å². The standard InChI is InChI=1S/C10H18N2O6/c1-5-8(13)10(6-9(14)15,18-11(16)17)7-12(2,3)4/h5-7H2,1-4H3/t10-/m1/s1. The van der Waals surface area contributed by atoms with E-state index < -0.39 is 28.9 Å². The minimum Gasteiger partial charge on any atom is -0.550 e. The van der Waals surface area contributed by atoms with Crippen molar-refractivity contribution in [3.63, 3.8) is 0 Å². The molecule has 104 valence electrons. The minimum absolute atomic E-state index is 0.0544. The van der Waals surface area contributed by atoms with Crippen LogP contribution in [0.4, 0.5) is 0 Å². The quantitative estimate of drug-likeness (QED) is 0.307. The normalized spacial score (nSPS) is 14.7. The maximum absolute atomic E-state index is 11.9. The van der Waals surface area contributed by atoms with Crippen LogP contribution in [0, 0.1) is 10.1 Å². The van der Waals surface area contributed by atoms with E-state index in [0.717, 1.165) is 0 Å². The average molecular weight is 262 g/mol. The number of quaternary nitrogens is 1. The molecule has 0 radical (unpaired) electrons. The summed E-state index contributed by atoms with van der Waals surface area (Å²) in [6, 6.07) is 0. The van der Waals surface area contributed by atoms with Gasteiger partial charge in [-0.2, -0.15) is 0 Å². The first-order valence-corrected chi connectivity index (χ1v) is 5.39. The molecule has 0 aromatic rings. The van der Waals surface area contributed by atoms with Crippen LogP contribution < -0.4 is 5.11 Å². The molecular weight excluding hydrogens is 244 g/mol. The molecule has 1 atom stereocenters. The van der Waals surface area contributed by atoms with Crippen LogP contribution in [0.1, 0.15) is 19.8 Å². The molecule has 8 heteroatoms. The van der Waals surface area contributed by atoms with Gasteiger partial charge in [-0.25, -0.2) is 0 Å². The predicted molar refractivity (Wildman–Crippen MR) is 58.6 cm³/mol. The number of carbonyl (C=O) groups is 2. The second-order valence-electron chi connectivity index (χ2n) is 5.08. The van der Waals surface area contributed by atoms with E-state index >= 15 is 0 Å². The summed E-state index contributed by atoms with van der Waals surface area (Å²) in [6.07, 6.45) is -0.892. The Morgan fingerprint density at radius 3 is 2.11 bits per heavy atom. The summed E-state index contributed by atoms with van der Waals surface area (Å²) in [7, 11) is 5.03. The molecule has 0 fully saturated rings. The Bertz CT molecular complexity index is 331. The number of Topliss-reactive ketones (excluding diaryl/α,β-unsaturated/α-hetero) is 1. The number of carbonyl (C=O) groups excluding carboxylic acids is 2. The van der Waals surface area contributed by atoms with Crippen molar-refractivity contribution in [3.8, 4) is 0 Å². The van der Waals surface area contributed by atoms with Gasteiger partial charge in [-0.15, -0.1) is 10.1 Å².